The molecule has 0 radical (unpaired) electrons. The largest absolute Gasteiger partial charge is 0.369 e. The summed E-state index contributed by atoms with van der Waals surface area (Å²) in [5.41, 5.74) is 8.94. The number of carbonyl (C=O) groups excluding carboxylic acids is 2. The van der Waals surface area contributed by atoms with E-state index in [-0.39, 0.29) is 35.8 Å². The number of thioether (sulfide) groups is 1. The second-order valence-electron chi connectivity index (χ2n) is 8.86. The molecule has 3 aromatic rings. The number of benzene rings is 1. The molecule has 33 heavy (non-hydrogen) atoms. The average molecular weight is 467 g/mol. The van der Waals surface area contributed by atoms with Crippen LogP contribution in [0.15, 0.2) is 34.3 Å². The van der Waals surface area contributed by atoms with Gasteiger partial charge in [-0.15, -0.1) is 0 Å². The molecule has 0 saturated carbocycles. The molecular weight excluding hydrogens is 440 g/mol. The lowest BCUT2D eigenvalue weighted by molar-refractivity contribution is -0.135. The van der Waals surface area contributed by atoms with Crippen LogP contribution in [0, 0.1) is 19.8 Å². The van der Waals surface area contributed by atoms with E-state index in [1.165, 1.54) is 17.3 Å². The van der Waals surface area contributed by atoms with Gasteiger partial charge in [-0.25, -0.2) is 9.67 Å². The van der Waals surface area contributed by atoms with Gasteiger partial charge in [-0.1, -0.05) is 17.8 Å². The van der Waals surface area contributed by atoms with Crippen LogP contribution in [0.4, 0.5) is 0 Å². The van der Waals surface area contributed by atoms with Crippen LogP contribution in [0.3, 0.4) is 0 Å². The van der Waals surface area contributed by atoms with Crippen LogP contribution >= 0.6 is 11.8 Å². The van der Waals surface area contributed by atoms with Crippen molar-refractivity contribution < 1.29 is 9.59 Å². The van der Waals surface area contributed by atoms with Gasteiger partial charge in [0.05, 0.1) is 17.9 Å². The van der Waals surface area contributed by atoms with Crippen molar-refractivity contribution in [3.8, 4) is 5.69 Å². The monoisotopic (exact) mass is 466 g/mol. The van der Waals surface area contributed by atoms with Crippen LogP contribution in [0.5, 0.6) is 0 Å². The maximum absolute atomic E-state index is 13.4. The second-order valence-corrected chi connectivity index (χ2v) is 9.85. The number of nitrogens with two attached hydrogens (primary N) is 1. The van der Waals surface area contributed by atoms with Gasteiger partial charge >= 0.3 is 0 Å². The number of likely N-dealkylation sites (tertiary alicyclic amines) is 1. The zero-order chi connectivity index (χ0) is 23.3. The minimum Gasteiger partial charge on any atom is -0.369 e. The Morgan fingerprint density at radius 2 is 1.94 bits per heavy atom. The summed E-state index contributed by atoms with van der Waals surface area (Å²) in [7, 11) is 0. The van der Waals surface area contributed by atoms with E-state index in [0.29, 0.717) is 47.9 Å². The van der Waals surface area contributed by atoms with E-state index >= 15 is 0 Å². The fourth-order valence-corrected chi connectivity index (χ4v) is 5.70. The van der Waals surface area contributed by atoms with Gasteiger partial charge in [0.25, 0.3) is 5.56 Å². The molecule has 0 spiro atoms. The predicted octanol–water partition coefficient (Wildman–Crippen LogP) is 1.96. The van der Waals surface area contributed by atoms with Crippen LogP contribution in [0.25, 0.3) is 16.7 Å². The molecule has 1 fully saturated rings. The standard InChI is InChI=1S/C23H26N6O3S/c1-13-3-4-16(9-14(13)2)29-21-18(11-25-29)22(32)28-17(12-33-23(28)26-21)10-19(30)27-7-5-15(6-8-27)20(24)31/h3-4,9,11,15,17H,5-8,10,12H2,1-2H3,(H2,24,31). The number of hydrogen-bond acceptors (Lipinski definition) is 6. The summed E-state index contributed by atoms with van der Waals surface area (Å²) in [5, 5.41) is 5.50. The Kier molecular flexibility index (Phi) is 5.48. The molecule has 2 amide bonds. The summed E-state index contributed by atoms with van der Waals surface area (Å²) in [6, 6.07) is 5.78. The van der Waals surface area contributed by atoms with Gasteiger partial charge in [0, 0.05) is 31.2 Å². The van der Waals surface area contributed by atoms with Crippen molar-refractivity contribution in [3.05, 3.63) is 45.9 Å². The molecule has 1 unspecified atom stereocenters. The number of primary amides is 1. The lowest BCUT2D eigenvalue weighted by Crippen LogP contribution is -2.42. The fraction of sp³-hybridized carbons (Fsp3) is 0.435. The summed E-state index contributed by atoms with van der Waals surface area (Å²) in [6.07, 6.45) is 2.98. The van der Waals surface area contributed by atoms with Gasteiger partial charge in [0.1, 0.15) is 5.39 Å². The van der Waals surface area contributed by atoms with Crippen molar-refractivity contribution in [2.24, 2.45) is 11.7 Å². The lowest BCUT2D eigenvalue weighted by Gasteiger charge is -2.31. The number of nitrogens with zero attached hydrogens (tertiary/aromatic N) is 5. The average Bonchev–Trinajstić information content (AvgIpc) is 3.41. The Balaban J connectivity index is 1.40. The molecule has 10 heteroatoms. The van der Waals surface area contributed by atoms with Crippen LogP contribution in [-0.2, 0) is 9.59 Å². The predicted molar refractivity (Wildman–Crippen MR) is 125 cm³/mol. The zero-order valence-corrected chi connectivity index (χ0v) is 19.5. The summed E-state index contributed by atoms with van der Waals surface area (Å²) < 4.78 is 3.35. The van der Waals surface area contributed by atoms with E-state index in [9.17, 15) is 14.4 Å². The molecule has 2 aliphatic rings. The summed E-state index contributed by atoms with van der Waals surface area (Å²) in [6.45, 7) is 5.14. The third-order valence-corrected chi connectivity index (χ3v) is 7.86. The smallest absolute Gasteiger partial charge is 0.265 e. The molecule has 0 aliphatic carbocycles. The number of piperidine rings is 1. The Bertz CT molecular complexity index is 1320. The maximum atomic E-state index is 13.4. The van der Waals surface area contributed by atoms with Gasteiger partial charge in [-0.3, -0.25) is 19.0 Å². The SMILES string of the molecule is Cc1ccc(-n2ncc3c(=O)n4c(nc32)SCC4CC(=O)N2CCC(C(N)=O)CC2)cc1C. The van der Waals surface area contributed by atoms with Crippen molar-refractivity contribution in [1.82, 2.24) is 24.2 Å². The van der Waals surface area contributed by atoms with Crippen LogP contribution in [-0.4, -0.2) is 54.9 Å². The third-order valence-electron chi connectivity index (χ3n) is 6.77. The summed E-state index contributed by atoms with van der Waals surface area (Å²) >= 11 is 1.49. The summed E-state index contributed by atoms with van der Waals surface area (Å²) in [5.74, 6) is 0.154. The van der Waals surface area contributed by atoms with E-state index in [2.05, 4.69) is 12.0 Å². The van der Waals surface area contributed by atoms with Crippen molar-refractivity contribution >= 4 is 34.6 Å². The van der Waals surface area contributed by atoms with Gasteiger partial charge < -0.3 is 10.6 Å². The molecule has 1 atom stereocenters. The number of aryl methyl sites for hydroxylation is 2. The van der Waals surface area contributed by atoms with Gasteiger partial charge in [0.15, 0.2) is 10.8 Å². The van der Waals surface area contributed by atoms with Crippen molar-refractivity contribution in [1.29, 1.82) is 0 Å². The molecule has 2 aromatic heterocycles. The minimum absolute atomic E-state index is 0.00538. The van der Waals surface area contributed by atoms with Crippen LogP contribution in [0.2, 0.25) is 0 Å². The summed E-state index contributed by atoms with van der Waals surface area (Å²) in [4.78, 5) is 44.2. The molecule has 0 bridgehead atoms. The highest BCUT2D eigenvalue weighted by molar-refractivity contribution is 7.99. The number of amides is 2. The third kappa shape index (κ3) is 3.82. The first-order valence-corrected chi connectivity index (χ1v) is 12.1. The normalized spacial score (nSPS) is 18.6. The molecule has 4 heterocycles. The number of hydrogen-bond donors (Lipinski definition) is 1. The molecule has 5 rings (SSSR count). The molecule has 1 saturated heterocycles. The highest BCUT2D eigenvalue weighted by Crippen LogP contribution is 2.34. The molecule has 2 N–H and O–H groups in total. The van der Waals surface area contributed by atoms with Gasteiger partial charge in [0.2, 0.25) is 11.8 Å². The fourth-order valence-electron chi connectivity index (χ4n) is 4.57. The van der Waals surface area contributed by atoms with Crippen LogP contribution < -0.4 is 11.3 Å². The van der Waals surface area contributed by atoms with E-state index in [4.69, 9.17) is 10.7 Å². The first-order valence-electron chi connectivity index (χ1n) is 11.1. The van der Waals surface area contributed by atoms with Gasteiger partial charge in [-0.05, 0) is 49.9 Å². The zero-order valence-electron chi connectivity index (χ0n) is 18.7. The first kappa shape index (κ1) is 21.7. The molecule has 172 valence electrons. The number of fused-ring (bicyclic) bond motifs is 2. The van der Waals surface area contributed by atoms with E-state index in [1.807, 2.05) is 25.1 Å². The number of rotatable bonds is 4. The quantitative estimate of drug-likeness (QED) is 0.588. The second kappa shape index (κ2) is 8.33. The number of carbonyl (C=O) groups is 2. The van der Waals surface area contributed by atoms with Crippen molar-refractivity contribution in [2.75, 3.05) is 18.8 Å². The van der Waals surface area contributed by atoms with Crippen LogP contribution in [0.1, 0.15) is 36.4 Å². The topological polar surface area (TPSA) is 116 Å². The highest BCUT2D eigenvalue weighted by atomic mass is 32.2. The van der Waals surface area contributed by atoms with Crippen molar-refractivity contribution in [2.45, 2.75) is 44.3 Å². The Morgan fingerprint density at radius 3 is 2.64 bits per heavy atom. The molecule has 1 aromatic carbocycles. The highest BCUT2D eigenvalue weighted by Gasteiger charge is 2.32. The van der Waals surface area contributed by atoms with E-state index in [0.717, 1.165) is 11.3 Å². The number of aromatic nitrogens is 4. The molecule has 2 aliphatic heterocycles. The van der Waals surface area contributed by atoms with Crippen molar-refractivity contribution in [3.63, 3.8) is 0 Å². The Morgan fingerprint density at radius 1 is 1.18 bits per heavy atom. The lowest BCUT2D eigenvalue weighted by atomic mass is 9.96. The molecule has 9 nitrogen and oxygen atoms in total. The van der Waals surface area contributed by atoms with E-state index in [1.54, 1.807) is 20.3 Å². The minimum atomic E-state index is -0.300. The Hall–Kier alpha value is -3.14. The molecular formula is C23H26N6O3S. The first-order chi connectivity index (χ1) is 15.8. The maximum Gasteiger partial charge on any atom is 0.265 e. The van der Waals surface area contributed by atoms with E-state index < -0.39 is 0 Å². The Labute approximate surface area is 195 Å². The van der Waals surface area contributed by atoms with Gasteiger partial charge in [-0.2, -0.15) is 5.10 Å².